The number of benzene rings is 2. The summed E-state index contributed by atoms with van der Waals surface area (Å²) in [5.74, 6) is -1.41. The molecule has 3 nitrogen and oxygen atoms in total. The predicted molar refractivity (Wildman–Crippen MR) is 86.4 cm³/mol. The molecule has 1 aromatic heterocycles. The number of alkyl halides is 7. The van der Waals surface area contributed by atoms with Gasteiger partial charge < -0.3 is 10.2 Å². The van der Waals surface area contributed by atoms with Gasteiger partial charge in [0.1, 0.15) is 5.52 Å². The Morgan fingerprint density at radius 2 is 1.57 bits per heavy atom. The molecular formula is C16H7BrF8N2O. The Kier molecular flexibility index (Phi) is 4.60. The minimum absolute atomic E-state index is 0.224. The third-order valence-corrected chi connectivity index (χ3v) is 4.49. The summed E-state index contributed by atoms with van der Waals surface area (Å²) in [6, 6.07) is 4.27. The van der Waals surface area contributed by atoms with Crippen LogP contribution in [0.25, 0.3) is 22.6 Å². The van der Waals surface area contributed by atoms with E-state index in [0.717, 1.165) is 0 Å². The zero-order valence-corrected chi connectivity index (χ0v) is 14.8. The summed E-state index contributed by atoms with van der Waals surface area (Å²) in [7, 11) is 0. The average Bonchev–Trinajstić information content (AvgIpc) is 2.99. The van der Waals surface area contributed by atoms with Gasteiger partial charge in [0, 0.05) is 10.0 Å². The van der Waals surface area contributed by atoms with Crippen molar-refractivity contribution in [1.82, 2.24) is 4.98 Å². The van der Waals surface area contributed by atoms with Crippen molar-refractivity contribution in [2.75, 3.05) is 5.73 Å². The largest absolute Gasteiger partial charge is 0.436 e. The van der Waals surface area contributed by atoms with E-state index in [0.29, 0.717) is 6.07 Å². The normalized spacial score (nSPS) is 13.3. The molecule has 0 spiro atoms. The van der Waals surface area contributed by atoms with Crippen LogP contribution in [0.2, 0.25) is 0 Å². The molecule has 3 aromatic rings. The molecule has 0 aliphatic rings. The van der Waals surface area contributed by atoms with Gasteiger partial charge in [0.2, 0.25) is 5.89 Å². The quantitative estimate of drug-likeness (QED) is 0.352. The molecule has 0 saturated carbocycles. The lowest BCUT2D eigenvalue weighted by atomic mass is 9.94. The number of hydrogen-bond acceptors (Lipinski definition) is 3. The first kappa shape index (κ1) is 20.4. The Morgan fingerprint density at radius 1 is 0.964 bits per heavy atom. The lowest BCUT2D eigenvalue weighted by molar-refractivity contribution is -0.348. The minimum atomic E-state index is -6.29. The number of nitrogens with zero attached hydrogens (tertiary/aromatic N) is 1. The first-order valence-corrected chi connectivity index (χ1v) is 8.04. The van der Waals surface area contributed by atoms with Gasteiger partial charge in [-0.25, -0.2) is 13.8 Å². The number of rotatable bonds is 2. The molecule has 0 unspecified atom stereocenters. The van der Waals surface area contributed by atoms with E-state index in [1.54, 1.807) is 0 Å². The molecule has 0 atom stereocenters. The second-order valence-corrected chi connectivity index (χ2v) is 6.54. The van der Waals surface area contributed by atoms with Crippen LogP contribution in [0.15, 0.2) is 39.2 Å². The average molecular weight is 475 g/mol. The van der Waals surface area contributed by atoms with Crippen molar-refractivity contribution in [3.63, 3.8) is 0 Å². The predicted octanol–water partition coefficient (Wildman–Crippen LogP) is 6.27. The van der Waals surface area contributed by atoms with Crippen LogP contribution in [0.1, 0.15) is 5.56 Å². The Labute approximate surface area is 159 Å². The molecule has 0 aliphatic heterocycles. The maximum atomic E-state index is 14.3. The van der Waals surface area contributed by atoms with Crippen molar-refractivity contribution in [2.24, 2.45) is 0 Å². The fourth-order valence-corrected chi connectivity index (χ4v) is 3.04. The zero-order valence-electron chi connectivity index (χ0n) is 13.2. The van der Waals surface area contributed by atoms with E-state index in [2.05, 4.69) is 20.9 Å². The Balaban J connectivity index is 2.25. The highest BCUT2D eigenvalue weighted by Crippen LogP contribution is 2.54. The van der Waals surface area contributed by atoms with Crippen LogP contribution in [0.4, 0.5) is 40.8 Å². The molecule has 28 heavy (non-hydrogen) atoms. The van der Waals surface area contributed by atoms with E-state index in [-0.39, 0.29) is 22.8 Å². The van der Waals surface area contributed by atoms with E-state index in [1.165, 1.54) is 18.2 Å². The maximum Gasteiger partial charge on any atom is 0.435 e. The fourth-order valence-electron chi connectivity index (χ4n) is 2.51. The summed E-state index contributed by atoms with van der Waals surface area (Å²) in [6.45, 7) is 0. The lowest BCUT2D eigenvalue weighted by Crippen LogP contribution is -2.50. The summed E-state index contributed by atoms with van der Waals surface area (Å²) < 4.78 is 111. The first-order valence-electron chi connectivity index (χ1n) is 7.24. The molecule has 12 heteroatoms. The van der Waals surface area contributed by atoms with Crippen LogP contribution in [0.5, 0.6) is 0 Å². The van der Waals surface area contributed by atoms with Crippen molar-refractivity contribution in [3.05, 3.63) is 46.2 Å². The van der Waals surface area contributed by atoms with Crippen molar-refractivity contribution < 1.29 is 39.5 Å². The number of nitrogens with two attached hydrogens (primary N) is 1. The maximum absolute atomic E-state index is 14.3. The number of nitrogen functional groups attached to an aromatic ring is 1. The summed E-state index contributed by atoms with van der Waals surface area (Å²) in [5.41, 5.74) is -3.40. The molecule has 0 saturated heterocycles. The summed E-state index contributed by atoms with van der Waals surface area (Å²) in [5, 5.41) is 0. The molecular weight excluding hydrogens is 468 g/mol. The van der Waals surface area contributed by atoms with Gasteiger partial charge in [-0.05, 0) is 40.2 Å². The highest BCUT2D eigenvalue weighted by Gasteiger charge is 2.73. The van der Waals surface area contributed by atoms with Crippen molar-refractivity contribution in [3.8, 4) is 11.5 Å². The van der Waals surface area contributed by atoms with Crippen LogP contribution >= 0.6 is 15.9 Å². The highest BCUT2D eigenvalue weighted by molar-refractivity contribution is 9.10. The van der Waals surface area contributed by atoms with Crippen LogP contribution in [-0.2, 0) is 5.67 Å². The van der Waals surface area contributed by atoms with Gasteiger partial charge in [-0.2, -0.15) is 26.3 Å². The lowest BCUT2D eigenvalue weighted by Gasteiger charge is -2.30. The summed E-state index contributed by atoms with van der Waals surface area (Å²) in [4.78, 5) is 3.84. The first-order chi connectivity index (χ1) is 12.8. The standard InChI is InChI=1S/C16H7BrF8N2O/c17-8-4-6(14(19,15(20,21)22)16(23,24)25)5-10-12(8)27-13(28-10)7-2-1-3-9(26)11(7)18/h1-5H,26H2. The summed E-state index contributed by atoms with van der Waals surface area (Å²) >= 11 is 2.75. The molecule has 2 N–H and O–H groups in total. The molecule has 150 valence electrons. The van der Waals surface area contributed by atoms with Crippen molar-refractivity contribution in [2.45, 2.75) is 18.0 Å². The molecule has 2 aromatic carbocycles. The third-order valence-electron chi connectivity index (χ3n) is 3.89. The van der Waals surface area contributed by atoms with Gasteiger partial charge >= 0.3 is 18.0 Å². The van der Waals surface area contributed by atoms with Crippen LogP contribution in [-0.4, -0.2) is 17.3 Å². The molecule has 3 rings (SSSR count). The number of anilines is 1. The Hall–Kier alpha value is -2.37. The van der Waals surface area contributed by atoms with Gasteiger partial charge in [0.15, 0.2) is 11.4 Å². The van der Waals surface area contributed by atoms with Gasteiger partial charge in [-0.1, -0.05) is 6.07 Å². The second-order valence-electron chi connectivity index (χ2n) is 5.69. The third kappa shape index (κ3) is 2.99. The van der Waals surface area contributed by atoms with E-state index in [9.17, 15) is 35.1 Å². The van der Waals surface area contributed by atoms with E-state index in [1.807, 2.05) is 0 Å². The monoisotopic (exact) mass is 474 g/mol. The minimum Gasteiger partial charge on any atom is -0.436 e. The Morgan fingerprint density at radius 3 is 2.14 bits per heavy atom. The van der Waals surface area contributed by atoms with E-state index >= 15 is 0 Å². The van der Waals surface area contributed by atoms with Crippen LogP contribution < -0.4 is 5.73 Å². The fraction of sp³-hybridized carbons (Fsp3) is 0.188. The number of fused-ring (bicyclic) bond motifs is 1. The van der Waals surface area contributed by atoms with Crippen LogP contribution in [0.3, 0.4) is 0 Å². The highest BCUT2D eigenvalue weighted by atomic mass is 79.9. The van der Waals surface area contributed by atoms with E-state index in [4.69, 9.17) is 10.2 Å². The van der Waals surface area contributed by atoms with Gasteiger partial charge in [0.25, 0.3) is 0 Å². The number of oxazole rings is 1. The van der Waals surface area contributed by atoms with Gasteiger partial charge in [-0.15, -0.1) is 0 Å². The summed E-state index contributed by atoms with van der Waals surface area (Å²) in [6.07, 6.45) is -12.6. The van der Waals surface area contributed by atoms with Crippen molar-refractivity contribution >= 4 is 32.7 Å². The smallest absolute Gasteiger partial charge is 0.435 e. The number of halogens is 9. The second kappa shape index (κ2) is 6.33. The topological polar surface area (TPSA) is 52.0 Å². The molecule has 0 radical (unpaired) electrons. The van der Waals surface area contributed by atoms with Crippen LogP contribution in [0, 0.1) is 5.82 Å². The number of hydrogen-bond donors (Lipinski definition) is 1. The Bertz CT molecular complexity index is 1040. The number of aromatic nitrogens is 1. The molecule has 0 amide bonds. The molecule has 0 fully saturated rings. The zero-order chi connectivity index (χ0) is 21.1. The van der Waals surface area contributed by atoms with Gasteiger partial charge in [-0.3, -0.25) is 0 Å². The molecule has 0 bridgehead atoms. The molecule has 1 heterocycles. The van der Waals surface area contributed by atoms with Gasteiger partial charge in [0.05, 0.1) is 11.3 Å². The SMILES string of the molecule is Nc1cccc(-c2nc3c(Br)cc(C(F)(C(F)(F)F)C(F)(F)F)cc3o2)c1F. The molecule has 0 aliphatic carbocycles. The van der Waals surface area contributed by atoms with Crippen molar-refractivity contribution in [1.29, 1.82) is 0 Å². The van der Waals surface area contributed by atoms with E-state index < -0.39 is 45.3 Å².